The van der Waals surface area contributed by atoms with Crippen LogP contribution in [0.5, 0.6) is 5.75 Å². The summed E-state index contributed by atoms with van der Waals surface area (Å²) in [5, 5.41) is 3.26. The number of nitrogens with one attached hydrogen (secondary N) is 1. The first kappa shape index (κ1) is 14.4. The lowest BCUT2D eigenvalue weighted by molar-refractivity contribution is -0.0989. The smallest absolute Gasteiger partial charge is 0.169 e. The van der Waals surface area contributed by atoms with Crippen molar-refractivity contribution in [2.75, 3.05) is 27.9 Å². The van der Waals surface area contributed by atoms with Crippen LogP contribution in [-0.4, -0.2) is 34.2 Å². The minimum atomic E-state index is -0.211. The molecule has 17 heavy (non-hydrogen) atoms. The first-order chi connectivity index (χ1) is 8.21. The van der Waals surface area contributed by atoms with Gasteiger partial charge in [0.15, 0.2) is 6.29 Å². The molecule has 0 aliphatic rings. The highest BCUT2D eigenvalue weighted by Crippen LogP contribution is 2.25. The van der Waals surface area contributed by atoms with Crippen molar-refractivity contribution in [3.8, 4) is 5.75 Å². The van der Waals surface area contributed by atoms with Gasteiger partial charge in [0, 0.05) is 27.3 Å². The molecule has 0 aliphatic carbocycles. The van der Waals surface area contributed by atoms with E-state index in [2.05, 4.69) is 21.2 Å². The van der Waals surface area contributed by atoms with Crippen molar-refractivity contribution in [1.82, 2.24) is 5.32 Å². The van der Waals surface area contributed by atoms with Crippen molar-refractivity contribution in [2.45, 2.75) is 12.8 Å². The summed E-state index contributed by atoms with van der Waals surface area (Å²) in [6.45, 7) is 1.41. The van der Waals surface area contributed by atoms with Crippen LogP contribution in [0.1, 0.15) is 5.56 Å². The molecule has 0 aromatic heterocycles. The predicted octanol–water partition coefficient (Wildman–Crippen LogP) is 2.17. The third-order valence-electron chi connectivity index (χ3n) is 2.38. The molecule has 0 aliphatic heterocycles. The van der Waals surface area contributed by atoms with Crippen molar-refractivity contribution in [2.24, 2.45) is 0 Å². The highest BCUT2D eigenvalue weighted by atomic mass is 79.9. The maximum Gasteiger partial charge on any atom is 0.169 e. The van der Waals surface area contributed by atoms with Crippen LogP contribution in [-0.2, 0) is 16.0 Å². The Bertz CT molecular complexity index is 343. The quantitative estimate of drug-likeness (QED) is 0.784. The first-order valence-electron chi connectivity index (χ1n) is 5.30. The average Bonchev–Trinajstić information content (AvgIpc) is 2.35. The summed E-state index contributed by atoms with van der Waals surface area (Å²) in [4.78, 5) is 0. The number of hydrogen-bond acceptors (Lipinski definition) is 4. The van der Waals surface area contributed by atoms with Gasteiger partial charge in [-0.05, 0) is 33.6 Å². The van der Waals surface area contributed by atoms with E-state index in [1.807, 2.05) is 18.2 Å². The summed E-state index contributed by atoms with van der Waals surface area (Å²) < 4.78 is 16.3. The maximum absolute atomic E-state index is 5.17. The van der Waals surface area contributed by atoms with Gasteiger partial charge in [0.2, 0.25) is 0 Å². The molecule has 0 amide bonds. The van der Waals surface area contributed by atoms with Crippen LogP contribution in [0.15, 0.2) is 22.7 Å². The van der Waals surface area contributed by atoms with Crippen molar-refractivity contribution >= 4 is 15.9 Å². The van der Waals surface area contributed by atoms with Crippen LogP contribution in [0.25, 0.3) is 0 Å². The predicted molar refractivity (Wildman–Crippen MR) is 70.2 cm³/mol. The summed E-state index contributed by atoms with van der Waals surface area (Å²) in [6, 6.07) is 5.98. The second kappa shape index (κ2) is 7.66. The Morgan fingerprint density at radius 2 is 1.94 bits per heavy atom. The number of hydrogen-bond donors (Lipinski definition) is 1. The summed E-state index contributed by atoms with van der Waals surface area (Å²) in [5.41, 5.74) is 1.17. The van der Waals surface area contributed by atoms with Gasteiger partial charge < -0.3 is 19.5 Å². The van der Waals surface area contributed by atoms with Crippen LogP contribution in [0.4, 0.5) is 0 Å². The molecule has 1 aromatic carbocycles. The van der Waals surface area contributed by atoms with Gasteiger partial charge >= 0.3 is 0 Å². The molecule has 96 valence electrons. The number of benzene rings is 1. The fourth-order valence-electron chi connectivity index (χ4n) is 1.42. The summed E-state index contributed by atoms with van der Waals surface area (Å²) in [7, 11) is 4.90. The molecular weight excluding hydrogens is 286 g/mol. The molecule has 0 fully saturated rings. The third kappa shape index (κ3) is 4.63. The van der Waals surface area contributed by atoms with Crippen LogP contribution in [0, 0.1) is 0 Å². The molecule has 0 saturated carbocycles. The largest absolute Gasteiger partial charge is 0.496 e. The van der Waals surface area contributed by atoms with Crippen molar-refractivity contribution in [3.63, 3.8) is 0 Å². The van der Waals surface area contributed by atoms with Crippen LogP contribution >= 0.6 is 15.9 Å². The molecule has 4 nitrogen and oxygen atoms in total. The molecule has 0 unspecified atom stereocenters. The van der Waals surface area contributed by atoms with E-state index in [0.29, 0.717) is 6.54 Å². The Labute approximate surface area is 110 Å². The Balaban J connectivity index is 2.44. The summed E-state index contributed by atoms with van der Waals surface area (Å²) >= 11 is 3.45. The van der Waals surface area contributed by atoms with Gasteiger partial charge in [-0.3, -0.25) is 0 Å². The van der Waals surface area contributed by atoms with Gasteiger partial charge in [0.25, 0.3) is 0 Å². The van der Waals surface area contributed by atoms with E-state index in [0.717, 1.165) is 16.8 Å². The Morgan fingerprint density at radius 3 is 2.47 bits per heavy atom. The van der Waals surface area contributed by atoms with Crippen LogP contribution in [0.3, 0.4) is 0 Å². The Kier molecular flexibility index (Phi) is 6.50. The van der Waals surface area contributed by atoms with Crippen molar-refractivity contribution in [1.29, 1.82) is 0 Å². The number of halogens is 1. The lowest BCUT2D eigenvalue weighted by atomic mass is 10.2. The molecule has 0 spiro atoms. The molecule has 0 bridgehead atoms. The Hall–Kier alpha value is -0.620. The maximum atomic E-state index is 5.17. The fraction of sp³-hybridized carbons (Fsp3) is 0.500. The van der Waals surface area contributed by atoms with Crippen LogP contribution in [0.2, 0.25) is 0 Å². The van der Waals surface area contributed by atoms with Crippen molar-refractivity contribution in [3.05, 3.63) is 28.2 Å². The van der Waals surface area contributed by atoms with Gasteiger partial charge in [0.1, 0.15) is 5.75 Å². The highest BCUT2D eigenvalue weighted by molar-refractivity contribution is 9.10. The lowest BCUT2D eigenvalue weighted by Crippen LogP contribution is -2.29. The van der Waals surface area contributed by atoms with E-state index in [1.165, 1.54) is 5.56 Å². The van der Waals surface area contributed by atoms with E-state index < -0.39 is 0 Å². The molecule has 1 rings (SSSR count). The van der Waals surface area contributed by atoms with E-state index in [1.54, 1.807) is 21.3 Å². The van der Waals surface area contributed by atoms with E-state index >= 15 is 0 Å². The zero-order valence-electron chi connectivity index (χ0n) is 10.3. The van der Waals surface area contributed by atoms with Gasteiger partial charge in [-0.2, -0.15) is 0 Å². The zero-order valence-corrected chi connectivity index (χ0v) is 11.9. The van der Waals surface area contributed by atoms with Gasteiger partial charge in [-0.25, -0.2) is 0 Å². The number of ether oxygens (including phenoxy) is 3. The first-order valence-corrected chi connectivity index (χ1v) is 6.09. The minimum absolute atomic E-state index is 0.211. The third-order valence-corrected chi connectivity index (χ3v) is 3.00. The van der Waals surface area contributed by atoms with Crippen molar-refractivity contribution < 1.29 is 14.2 Å². The second-order valence-electron chi connectivity index (χ2n) is 3.50. The molecule has 0 atom stereocenters. The molecule has 1 N–H and O–H groups in total. The minimum Gasteiger partial charge on any atom is -0.496 e. The van der Waals surface area contributed by atoms with E-state index in [4.69, 9.17) is 14.2 Å². The summed E-state index contributed by atoms with van der Waals surface area (Å²) in [5.74, 6) is 0.834. The SMILES string of the molecule is COc1ccc(CNCC(OC)OC)cc1Br. The zero-order chi connectivity index (χ0) is 12.7. The van der Waals surface area contributed by atoms with Gasteiger partial charge in [-0.15, -0.1) is 0 Å². The molecule has 0 saturated heterocycles. The fourth-order valence-corrected chi connectivity index (χ4v) is 2.01. The molecule has 1 aromatic rings. The normalized spacial score (nSPS) is 10.9. The second-order valence-corrected chi connectivity index (χ2v) is 4.36. The molecule has 0 radical (unpaired) electrons. The highest BCUT2D eigenvalue weighted by Gasteiger charge is 2.05. The van der Waals surface area contributed by atoms with E-state index in [-0.39, 0.29) is 6.29 Å². The number of rotatable bonds is 7. The lowest BCUT2D eigenvalue weighted by Gasteiger charge is -2.14. The van der Waals surface area contributed by atoms with E-state index in [9.17, 15) is 0 Å². The van der Waals surface area contributed by atoms with Gasteiger partial charge in [0.05, 0.1) is 11.6 Å². The molecular formula is C12H18BrNO3. The topological polar surface area (TPSA) is 39.7 Å². The number of methoxy groups -OCH3 is 3. The molecule has 0 heterocycles. The monoisotopic (exact) mass is 303 g/mol. The average molecular weight is 304 g/mol. The van der Waals surface area contributed by atoms with Crippen LogP contribution < -0.4 is 10.1 Å². The standard InChI is InChI=1S/C12H18BrNO3/c1-15-11-5-4-9(6-10(11)13)7-14-8-12(16-2)17-3/h4-6,12,14H,7-8H2,1-3H3. The Morgan fingerprint density at radius 1 is 1.24 bits per heavy atom. The summed E-state index contributed by atoms with van der Waals surface area (Å²) in [6.07, 6.45) is -0.211. The molecule has 5 heteroatoms. The van der Waals surface area contributed by atoms with Gasteiger partial charge in [-0.1, -0.05) is 6.07 Å².